The lowest BCUT2D eigenvalue weighted by molar-refractivity contribution is 0.249. The van der Waals surface area contributed by atoms with Gasteiger partial charge in [-0.2, -0.15) is 0 Å². The lowest BCUT2D eigenvalue weighted by Gasteiger charge is -2.26. The Balaban J connectivity index is 1.74. The number of aromatic nitrogens is 1. The Bertz CT molecular complexity index is 583. The zero-order chi connectivity index (χ0) is 13.2. The van der Waals surface area contributed by atoms with Gasteiger partial charge in [0.1, 0.15) is 11.5 Å². The lowest BCUT2D eigenvalue weighted by atomic mass is 10.0. The van der Waals surface area contributed by atoms with Crippen molar-refractivity contribution >= 4 is 15.9 Å². The Morgan fingerprint density at radius 3 is 3.16 bits per heavy atom. The van der Waals surface area contributed by atoms with Crippen LogP contribution in [-0.2, 0) is 6.54 Å². The van der Waals surface area contributed by atoms with Gasteiger partial charge in [-0.25, -0.2) is 4.98 Å². The number of hydrogen-bond donors (Lipinski definition) is 1. The molecular formula is C14H15BrN2O2. The maximum Gasteiger partial charge on any atom is 0.208 e. The first-order valence-corrected chi connectivity index (χ1v) is 7.08. The van der Waals surface area contributed by atoms with E-state index in [0.29, 0.717) is 6.54 Å². The van der Waals surface area contributed by atoms with Crippen LogP contribution in [0.4, 0.5) is 0 Å². The number of hydrogen-bond acceptors (Lipinski definition) is 4. The van der Waals surface area contributed by atoms with Gasteiger partial charge in [0.05, 0.1) is 19.3 Å². The van der Waals surface area contributed by atoms with Gasteiger partial charge >= 0.3 is 0 Å². The number of oxazole rings is 1. The predicted molar refractivity (Wildman–Crippen MR) is 75.1 cm³/mol. The van der Waals surface area contributed by atoms with E-state index in [9.17, 15) is 0 Å². The normalized spacial score (nSPS) is 17.9. The van der Waals surface area contributed by atoms with Crippen LogP contribution >= 0.6 is 15.9 Å². The summed E-state index contributed by atoms with van der Waals surface area (Å²) in [6.07, 6.45) is 2.69. The Labute approximate surface area is 120 Å². The van der Waals surface area contributed by atoms with Crippen molar-refractivity contribution in [2.24, 2.45) is 0 Å². The van der Waals surface area contributed by atoms with Crippen molar-refractivity contribution in [3.05, 3.63) is 46.1 Å². The summed E-state index contributed by atoms with van der Waals surface area (Å²) >= 11 is 3.50. The van der Waals surface area contributed by atoms with Crippen molar-refractivity contribution < 1.29 is 9.15 Å². The molecule has 0 radical (unpaired) electrons. The van der Waals surface area contributed by atoms with Crippen LogP contribution in [-0.4, -0.2) is 11.6 Å². The molecule has 4 nitrogen and oxygen atoms in total. The molecule has 5 heteroatoms. The Morgan fingerprint density at radius 2 is 2.37 bits per heavy atom. The highest BCUT2D eigenvalue weighted by atomic mass is 79.9. The molecule has 1 aromatic heterocycles. The topological polar surface area (TPSA) is 47.3 Å². The SMILES string of the molecule is Cc1cnc(CNC2CCOc3ccc(Br)cc32)o1. The summed E-state index contributed by atoms with van der Waals surface area (Å²) in [5.74, 6) is 2.52. The quantitative estimate of drug-likeness (QED) is 0.941. The van der Waals surface area contributed by atoms with E-state index in [1.807, 2.05) is 19.1 Å². The third kappa shape index (κ3) is 2.82. The molecule has 0 bridgehead atoms. The smallest absolute Gasteiger partial charge is 0.208 e. The van der Waals surface area contributed by atoms with E-state index in [1.165, 1.54) is 5.56 Å². The highest BCUT2D eigenvalue weighted by molar-refractivity contribution is 9.10. The summed E-state index contributed by atoms with van der Waals surface area (Å²) in [7, 11) is 0. The standard InChI is InChI=1S/C14H15BrN2O2/c1-9-7-17-14(19-9)8-16-12-4-5-18-13-3-2-10(15)6-11(12)13/h2-3,6-7,12,16H,4-5,8H2,1H3. The first kappa shape index (κ1) is 12.7. The predicted octanol–water partition coefficient (Wildman–Crippen LogP) is 3.36. The number of aryl methyl sites for hydroxylation is 1. The molecule has 0 saturated carbocycles. The van der Waals surface area contributed by atoms with Gasteiger partial charge in [0.2, 0.25) is 5.89 Å². The van der Waals surface area contributed by atoms with Gasteiger partial charge in [-0.15, -0.1) is 0 Å². The van der Waals surface area contributed by atoms with Crippen LogP contribution < -0.4 is 10.1 Å². The van der Waals surface area contributed by atoms with Crippen molar-refractivity contribution in [1.29, 1.82) is 0 Å². The van der Waals surface area contributed by atoms with Crippen molar-refractivity contribution in [1.82, 2.24) is 10.3 Å². The number of benzene rings is 1. The summed E-state index contributed by atoms with van der Waals surface area (Å²) in [6, 6.07) is 6.38. The molecular weight excluding hydrogens is 308 g/mol. The number of nitrogens with zero attached hydrogens (tertiary/aromatic N) is 1. The minimum Gasteiger partial charge on any atom is -0.493 e. The van der Waals surface area contributed by atoms with Crippen molar-refractivity contribution in [3.8, 4) is 5.75 Å². The molecule has 1 unspecified atom stereocenters. The third-order valence-electron chi connectivity index (χ3n) is 3.18. The van der Waals surface area contributed by atoms with E-state index in [0.717, 1.165) is 34.9 Å². The highest BCUT2D eigenvalue weighted by Gasteiger charge is 2.21. The number of nitrogens with one attached hydrogen (secondary N) is 1. The first-order chi connectivity index (χ1) is 9.22. The zero-order valence-corrected chi connectivity index (χ0v) is 12.2. The van der Waals surface area contributed by atoms with E-state index in [4.69, 9.17) is 9.15 Å². The highest BCUT2D eigenvalue weighted by Crippen LogP contribution is 2.34. The summed E-state index contributed by atoms with van der Waals surface area (Å²) < 4.78 is 12.2. The van der Waals surface area contributed by atoms with Crippen LogP contribution in [0.5, 0.6) is 5.75 Å². The minimum atomic E-state index is 0.272. The number of ether oxygens (including phenoxy) is 1. The molecule has 0 fully saturated rings. The van der Waals surface area contributed by atoms with Gasteiger partial charge in [0.25, 0.3) is 0 Å². The van der Waals surface area contributed by atoms with Gasteiger partial charge < -0.3 is 14.5 Å². The fraction of sp³-hybridized carbons (Fsp3) is 0.357. The summed E-state index contributed by atoms with van der Waals surface area (Å²) in [6.45, 7) is 3.26. The van der Waals surface area contributed by atoms with Crippen LogP contribution in [0.2, 0.25) is 0 Å². The Hall–Kier alpha value is -1.33. The zero-order valence-electron chi connectivity index (χ0n) is 10.6. The van der Waals surface area contributed by atoms with E-state index < -0.39 is 0 Å². The first-order valence-electron chi connectivity index (χ1n) is 6.29. The molecule has 2 heterocycles. The molecule has 0 saturated heterocycles. The monoisotopic (exact) mass is 322 g/mol. The van der Waals surface area contributed by atoms with Gasteiger partial charge in [-0.05, 0) is 25.1 Å². The van der Waals surface area contributed by atoms with Gasteiger partial charge in [-0.3, -0.25) is 0 Å². The van der Waals surface area contributed by atoms with E-state index >= 15 is 0 Å². The molecule has 2 aromatic rings. The maximum atomic E-state index is 5.66. The second-order valence-electron chi connectivity index (χ2n) is 4.62. The summed E-state index contributed by atoms with van der Waals surface area (Å²) in [5.41, 5.74) is 1.18. The summed E-state index contributed by atoms with van der Waals surface area (Å²) in [5, 5.41) is 3.48. The molecule has 0 amide bonds. The van der Waals surface area contributed by atoms with Crippen molar-refractivity contribution in [2.75, 3.05) is 6.61 Å². The second kappa shape index (κ2) is 5.35. The molecule has 0 aliphatic carbocycles. The van der Waals surface area contributed by atoms with Crippen LogP contribution in [0.15, 0.2) is 33.3 Å². The summed E-state index contributed by atoms with van der Waals surface area (Å²) in [4.78, 5) is 4.20. The number of fused-ring (bicyclic) bond motifs is 1. The fourth-order valence-corrected chi connectivity index (χ4v) is 2.65. The Kier molecular flexibility index (Phi) is 3.57. The van der Waals surface area contributed by atoms with E-state index in [2.05, 4.69) is 32.3 Å². The lowest BCUT2D eigenvalue weighted by Crippen LogP contribution is -2.26. The van der Waals surface area contributed by atoms with Gasteiger partial charge in [0, 0.05) is 22.5 Å². The van der Waals surface area contributed by atoms with E-state index in [1.54, 1.807) is 6.20 Å². The van der Waals surface area contributed by atoms with Crippen LogP contribution in [0.3, 0.4) is 0 Å². The number of rotatable bonds is 3. The van der Waals surface area contributed by atoms with E-state index in [-0.39, 0.29) is 6.04 Å². The van der Waals surface area contributed by atoms with Crippen LogP contribution in [0.25, 0.3) is 0 Å². The fourth-order valence-electron chi connectivity index (χ4n) is 2.27. The molecule has 1 aromatic carbocycles. The van der Waals surface area contributed by atoms with Crippen LogP contribution in [0, 0.1) is 6.92 Å². The minimum absolute atomic E-state index is 0.272. The molecule has 1 atom stereocenters. The molecule has 100 valence electrons. The Morgan fingerprint density at radius 1 is 1.47 bits per heavy atom. The van der Waals surface area contributed by atoms with Crippen molar-refractivity contribution in [3.63, 3.8) is 0 Å². The van der Waals surface area contributed by atoms with Crippen LogP contribution in [0.1, 0.15) is 29.7 Å². The average Bonchev–Trinajstić information content (AvgIpc) is 2.82. The third-order valence-corrected chi connectivity index (χ3v) is 3.67. The molecule has 1 aliphatic heterocycles. The average molecular weight is 323 g/mol. The number of halogens is 1. The van der Waals surface area contributed by atoms with Gasteiger partial charge in [0.15, 0.2) is 0 Å². The molecule has 0 spiro atoms. The largest absolute Gasteiger partial charge is 0.493 e. The van der Waals surface area contributed by atoms with Crippen molar-refractivity contribution in [2.45, 2.75) is 25.9 Å². The second-order valence-corrected chi connectivity index (χ2v) is 5.53. The van der Waals surface area contributed by atoms with Gasteiger partial charge in [-0.1, -0.05) is 15.9 Å². The molecule has 1 N–H and O–H groups in total. The molecule has 3 rings (SSSR count). The molecule has 1 aliphatic rings. The molecule has 19 heavy (non-hydrogen) atoms. The maximum absolute atomic E-state index is 5.66.